The van der Waals surface area contributed by atoms with Gasteiger partial charge in [-0.2, -0.15) is 0 Å². The smallest absolute Gasteiger partial charge is 0.263 e. The van der Waals surface area contributed by atoms with Gasteiger partial charge in [-0.15, -0.1) is 0 Å². The number of carbonyl (C=O) groups is 2. The third kappa shape index (κ3) is 6.02. The molecule has 0 bridgehead atoms. The number of piperidine rings is 1. The molecular weight excluding hydrogens is 545 g/mol. The quantitative estimate of drug-likeness (QED) is 0.301. The van der Waals surface area contributed by atoms with Gasteiger partial charge in [0, 0.05) is 37.6 Å². The van der Waals surface area contributed by atoms with E-state index in [1.165, 1.54) is 29.9 Å². The summed E-state index contributed by atoms with van der Waals surface area (Å²) in [6, 6.07) is 20.1. The van der Waals surface area contributed by atoms with Gasteiger partial charge in [0.05, 0.1) is 17.7 Å². The molecule has 0 radical (unpaired) electrons. The fourth-order valence-electron chi connectivity index (χ4n) is 5.16. The number of rotatable bonds is 6. The van der Waals surface area contributed by atoms with E-state index in [4.69, 9.17) is 16.3 Å². The summed E-state index contributed by atoms with van der Waals surface area (Å²) in [6.07, 6.45) is 3.17. The monoisotopic (exact) mass is 573 g/mol. The number of hydrogen-bond acceptors (Lipinski definition) is 4. The lowest BCUT2D eigenvalue weighted by Gasteiger charge is -2.32. The fraction of sp³-hybridized carbons (Fsp3) is 0.219. The Balaban J connectivity index is 1.21. The van der Waals surface area contributed by atoms with Gasteiger partial charge in [-0.25, -0.2) is 4.39 Å². The van der Waals surface area contributed by atoms with Crippen LogP contribution in [0.15, 0.2) is 83.8 Å². The number of amides is 2. The van der Waals surface area contributed by atoms with Crippen molar-refractivity contribution in [1.29, 1.82) is 0 Å². The number of nitrogens with zero attached hydrogens (tertiary/aromatic N) is 2. The molecule has 0 spiro atoms. The highest BCUT2D eigenvalue weighted by Gasteiger charge is 2.26. The number of methoxy groups -OCH3 is 1. The SMILES string of the molecule is COc1ccc(F)cc1-c1ccc(C(=O)N2CCC(c3ccc(NC(=O)c4cccn(C)c4=O)cc3)CC2)c(Cl)c1. The minimum Gasteiger partial charge on any atom is -0.496 e. The van der Waals surface area contributed by atoms with E-state index in [1.54, 1.807) is 48.5 Å². The average Bonchev–Trinajstić information content (AvgIpc) is 2.98. The highest BCUT2D eigenvalue weighted by atomic mass is 35.5. The molecule has 4 aromatic rings. The van der Waals surface area contributed by atoms with E-state index in [-0.39, 0.29) is 22.9 Å². The van der Waals surface area contributed by atoms with Crippen molar-refractivity contribution in [3.8, 4) is 16.9 Å². The van der Waals surface area contributed by atoms with Crippen LogP contribution >= 0.6 is 11.6 Å². The number of likely N-dealkylation sites (tertiary alicyclic amines) is 1. The summed E-state index contributed by atoms with van der Waals surface area (Å²) in [5.41, 5.74) is 3.07. The van der Waals surface area contributed by atoms with Gasteiger partial charge in [0.25, 0.3) is 17.4 Å². The Bertz CT molecular complexity index is 1660. The summed E-state index contributed by atoms with van der Waals surface area (Å²) in [7, 11) is 3.12. The molecule has 2 amide bonds. The van der Waals surface area contributed by atoms with E-state index >= 15 is 0 Å². The van der Waals surface area contributed by atoms with E-state index in [0.29, 0.717) is 46.2 Å². The van der Waals surface area contributed by atoms with Gasteiger partial charge in [-0.05, 0) is 84.5 Å². The lowest BCUT2D eigenvalue weighted by atomic mass is 9.89. The molecule has 0 saturated carbocycles. The Morgan fingerprint density at radius 2 is 1.71 bits per heavy atom. The maximum absolute atomic E-state index is 13.9. The Labute approximate surface area is 242 Å². The predicted molar refractivity (Wildman–Crippen MR) is 157 cm³/mol. The van der Waals surface area contributed by atoms with Crippen LogP contribution in [0.25, 0.3) is 11.1 Å². The van der Waals surface area contributed by atoms with E-state index < -0.39 is 11.7 Å². The lowest BCUT2D eigenvalue weighted by Crippen LogP contribution is -2.38. The number of aromatic nitrogens is 1. The topological polar surface area (TPSA) is 80.6 Å². The zero-order chi connectivity index (χ0) is 29.1. The number of carbonyl (C=O) groups excluding carboxylic acids is 2. The normalized spacial score (nSPS) is 13.6. The molecule has 1 aliphatic heterocycles. The predicted octanol–water partition coefficient (Wildman–Crippen LogP) is 6.13. The Morgan fingerprint density at radius 1 is 0.976 bits per heavy atom. The van der Waals surface area contributed by atoms with Crippen molar-refractivity contribution >= 4 is 29.1 Å². The highest BCUT2D eigenvalue weighted by molar-refractivity contribution is 6.34. The number of nitrogens with one attached hydrogen (secondary N) is 1. The summed E-state index contributed by atoms with van der Waals surface area (Å²) in [5.74, 6) is -0.202. The van der Waals surface area contributed by atoms with Crippen molar-refractivity contribution in [2.45, 2.75) is 18.8 Å². The number of ether oxygens (including phenoxy) is 1. The molecule has 2 heterocycles. The van der Waals surface area contributed by atoms with Crippen molar-refractivity contribution in [3.05, 3.63) is 117 Å². The standard InChI is InChI=1S/C32H29ClFN3O4/c1-36-15-3-4-26(31(36)39)30(38)35-24-9-5-20(6-10-24)21-13-16-37(17-14-21)32(40)25-11-7-22(18-28(25)33)27-19-23(34)8-12-29(27)41-2/h3-12,15,18-19,21H,13-14,16-17H2,1-2H3,(H,35,38). The molecule has 210 valence electrons. The molecule has 0 atom stereocenters. The van der Waals surface area contributed by atoms with Crippen LogP contribution in [0, 0.1) is 5.82 Å². The third-order valence-corrected chi connectivity index (χ3v) is 7.77. The van der Waals surface area contributed by atoms with Crippen molar-refractivity contribution in [2.75, 3.05) is 25.5 Å². The van der Waals surface area contributed by atoms with E-state index in [0.717, 1.165) is 18.4 Å². The van der Waals surface area contributed by atoms with Crippen molar-refractivity contribution < 1.29 is 18.7 Å². The van der Waals surface area contributed by atoms with Crippen LogP contribution in [0.1, 0.15) is 45.0 Å². The Morgan fingerprint density at radius 3 is 2.39 bits per heavy atom. The highest BCUT2D eigenvalue weighted by Crippen LogP contribution is 2.34. The van der Waals surface area contributed by atoms with Gasteiger partial charge < -0.3 is 19.5 Å². The van der Waals surface area contributed by atoms with Gasteiger partial charge in [0.2, 0.25) is 0 Å². The lowest BCUT2D eigenvalue weighted by molar-refractivity contribution is 0.0713. The van der Waals surface area contributed by atoms with Crippen LogP contribution in [0.2, 0.25) is 5.02 Å². The summed E-state index contributed by atoms with van der Waals surface area (Å²) in [4.78, 5) is 39.9. The molecule has 1 aliphatic rings. The van der Waals surface area contributed by atoms with Crippen LogP contribution in [0.5, 0.6) is 5.75 Å². The summed E-state index contributed by atoms with van der Waals surface area (Å²) < 4.78 is 20.6. The van der Waals surface area contributed by atoms with Gasteiger partial charge in [-0.3, -0.25) is 14.4 Å². The van der Waals surface area contributed by atoms with Crippen molar-refractivity contribution in [3.63, 3.8) is 0 Å². The molecule has 1 aromatic heterocycles. The summed E-state index contributed by atoms with van der Waals surface area (Å²) in [6.45, 7) is 1.16. The molecule has 9 heteroatoms. The number of aryl methyl sites for hydroxylation is 1. The molecule has 41 heavy (non-hydrogen) atoms. The fourth-order valence-corrected chi connectivity index (χ4v) is 5.42. The second kappa shape index (κ2) is 12.0. The van der Waals surface area contributed by atoms with Crippen LogP contribution in [-0.2, 0) is 7.05 Å². The Hall–Kier alpha value is -4.43. The summed E-state index contributed by atoms with van der Waals surface area (Å²) >= 11 is 6.53. The Kier molecular flexibility index (Phi) is 8.21. The average molecular weight is 574 g/mol. The second-order valence-electron chi connectivity index (χ2n) is 10.0. The van der Waals surface area contributed by atoms with Crippen molar-refractivity contribution in [1.82, 2.24) is 9.47 Å². The molecule has 3 aromatic carbocycles. The first kappa shape index (κ1) is 28.1. The van der Waals surface area contributed by atoms with Crippen molar-refractivity contribution in [2.24, 2.45) is 7.05 Å². The number of halogens is 2. The van der Waals surface area contributed by atoms with Crippen LogP contribution < -0.4 is 15.6 Å². The molecule has 1 N–H and O–H groups in total. The van der Waals surface area contributed by atoms with Crippen LogP contribution in [0.3, 0.4) is 0 Å². The minimum atomic E-state index is -0.451. The van der Waals surface area contributed by atoms with Gasteiger partial charge in [0.15, 0.2) is 0 Å². The molecule has 0 aliphatic carbocycles. The molecule has 0 unspecified atom stereocenters. The molecule has 7 nitrogen and oxygen atoms in total. The first-order valence-electron chi connectivity index (χ1n) is 13.2. The zero-order valence-electron chi connectivity index (χ0n) is 22.7. The van der Waals surface area contributed by atoms with Crippen LogP contribution in [0.4, 0.5) is 10.1 Å². The summed E-state index contributed by atoms with van der Waals surface area (Å²) in [5, 5.41) is 3.08. The minimum absolute atomic E-state index is 0.0829. The third-order valence-electron chi connectivity index (χ3n) is 7.46. The van der Waals surface area contributed by atoms with Gasteiger partial charge in [-0.1, -0.05) is 29.8 Å². The molecule has 1 fully saturated rings. The number of anilines is 1. The largest absolute Gasteiger partial charge is 0.496 e. The molecule has 1 saturated heterocycles. The maximum Gasteiger partial charge on any atom is 0.263 e. The first-order chi connectivity index (χ1) is 19.7. The molecule has 5 rings (SSSR count). The number of hydrogen-bond donors (Lipinski definition) is 1. The van der Waals surface area contributed by atoms with E-state index in [1.807, 2.05) is 24.3 Å². The zero-order valence-corrected chi connectivity index (χ0v) is 23.5. The first-order valence-corrected chi connectivity index (χ1v) is 13.6. The van der Waals surface area contributed by atoms with Gasteiger partial charge >= 0.3 is 0 Å². The van der Waals surface area contributed by atoms with E-state index in [2.05, 4.69) is 5.32 Å². The van der Waals surface area contributed by atoms with E-state index in [9.17, 15) is 18.8 Å². The molecular formula is C32H29ClFN3O4. The maximum atomic E-state index is 13.9. The number of pyridine rings is 1. The van der Waals surface area contributed by atoms with Crippen LogP contribution in [-0.4, -0.2) is 41.5 Å². The number of benzene rings is 3. The van der Waals surface area contributed by atoms with Gasteiger partial charge in [0.1, 0.15) is 17.1 Å². The second-order valence-corrected chi connectivity index (χ2v) is 10.4.